The number of nitrogens with zero attached hydrogens (tertiary/aromatic N) is 5. The summed E-state index contributed by atoms with van der Waals surface area (Å²) in [5.41, 5.74) is 2.16. The van der Waals surface area contributed by atoms with Crippen LogP contribution in [0.15, 0.2) is 10.9 Å². The van der Waals surface area contributed by atoms with Gasteiger partial charge in [0.15, 0.2) is 5.82 Å². The second kappa shape index (κ2) is 5.88. The molecule has 1 saturated carbocycles. The molecule has 0 spiro atoms. The first-order chi connectivity index (χ1) is 11.3. The average Bonchev–Trinajstić information content (AvgIpc) is 3.32. The number of fused-ring (bicyclic) bond motifs is 1. The molecule has 3 heterocycles. The van der Waals surface area contributed by atoms with Gasteiger partial charge in [-0.2, -0.15) is 4.98 Å². The first kappa shape index (κ1) is 14.6. The third-order valence-corrected chi connectivity index (χ3v) is 4.58. The van der Waals surface area contributed by atoms with E-state index in [-0.39, 0.29) is 6.04 Å². The maximum Gasteiger partial charge on any atom is 0.243 e. The summed E-state index contributed by atoms with van der Waals surface area (Å²) in [4.78, 5) is 15.6. The zero-order valence-corrected chi connectivity index (χ0v) is 13.5. The lowest BCUT2D eigenvalue weighted by atomic mass is 10.0. The molecule has 0 amide bonds. The molecular weight excluding hydrogens is 294 g/mol. The summed E-state index contributed by atoms with van der Waals surface area (Å²) >= 11 is 0. The third-order valence-electron chi connectivity index (χ3n) is 4.58. The Morgan fingerprint density at radius 2 is 2.26 bits per heavy atom. The lowest BCUT2D eigenvalue weighted by Crippen LogP contribution is -2.34. The van der Waals surface area contributed by atoms with Crippen molar-refractivity contribution in [3.8, 4) is 5.88 Å². The van der Waals surface area contributed by atoms with Gasteiger partial charge in [0.25, 0.3) is 0 Å². The minimum atomic E-state index is 0.0813. The predicted octanol–water partition coefficient (Wildman–Crippen LogP) is 2.25. The van der Waals surface area contributed by atoms with E-state index in [0.29, 0.717) is 24.3 Å². The highest BCUT2D eigenvalue weighted by Gasteiger charge is 2.32. The molecule has 1 aliphatic carbocycles. The van der Waals surface area contributed by atoms with Crippen molar-refractivity contribution >= 4 is 0 Å². The molecule has 4 rings (SSSR count). The first-order valence-corrected chi connectivity index (χ1v) is 8.29. The highest BCUT2D eigenvalue weighted by atomic mass is 16.5. The van der Waals surface area contributed by atoms with Crippen LogP contribution in [0, 0.1) is 0 Å². The van der Waals surface area contributed by atoms with Crippen LogP contribution >= 0.6 is 0 Å². The zero-order chi connectivity index (χ0) is 15.8. The third kappa shape index (κ3) is 2.81. The SMILES string of the molecule is CCOc1ncnc2c1CN(C(C)c1nc(C3CC3)no1)CC2. The van der Waals surface area contributed by atoms with Gasteiger partial charge in [-0.05, 0) is 26.7 Å². The summed E-state index contributed by atoms with van der Waals surface area (Å²) in [6, 6.07) is 0.0813. The molecule has 1 aliphatic heterocycles. The molecule has 0 N–H and O–H groups in total. The highest BCUT2D eigenvalue weighted by molar-refractivity contribution is 5.31. The Morgan fingerprint density at radius 1 is 1.39 bits per heavy atom. The Kier molecular flexibility index (Phi) is 3.72. The largest absolute Gasteiger partial charge is 0.478 e. The van der Waals surface area contributed by atoms with Crippen LogP contribution in [0.2, 0.25) is 0 Å². The smallest absolute Gasteiger partial charge is 0.243 e. The minimum absolute atomic E-state index is 0.0813. The van der Waals surface area contributed by atoms with E-state index in [2.05, 4.69) is 31.9 Å². The molecule has 0 aromatic carbocycles. The Labute approximate surface area is 135 Å². The number of aromatic nitrogens is 4. The number of rotatable bonds is 5. The molecule has 0 radical (unpaired) electrons. The Hall–Kier alpha value is -2.02. The summed E-state index contributed by atoms with van der Waals surface area (Å²) in [6.07, 6.45) is 4.83. The fraction of sp³-hybridized carbons (Fsp3) is 0.625. The molecule has 2 aromatic rings. The standard InChI is InChI=1S/C16H21N5O2/c1-3-22-16-12-8-21(7-6-13(12)17-9-18-16)10(2)15-19-14(20-23-15)11-4-5-11/h9-11H,3-8H2,1-2H3. The monoisotopic (exact) mass is 315 g/mol. The quantitative estimate of drug-likeness (QED) is 0.837. The van der Waals surface area contributed by atoms with Crippen molar-refractivity contribution in [3.05, 3.63) is 29.3 Å². The molecule has 7 nitrogen and oxygen atoms in total. The summed E-state index contributed by atoms with van der Waals surface area (Å²) in [5, 5.41) is 4.12. The molecule has 2 aliphatic rings. The topological polar surface area (TPSA) is 77.2 Å². The van der Waals surface area contributed by atoms with Gasteiger partial charge in [-0.1, -0.05) is 5.16 Å². The van der Waals surface area contributed by atoms with E-state index >= 15 is 0 Å². The van der Waals surface area contributed by atoms with Crippen LogP contribution in [0.3, 0.4) is 0 Å². The molecule has 0 bridgehead atoms. The Bertz CT molecular complexity index is 698. The molecule has 1 atom stereocenters. The maximum atomic E-state index is 5.65. The van der Waals surface area contributed by atoms with E-state index in [4.69, 9.17) is 9.26 Å². The van der Waals surface area contributed by atoms with Crippen LogP contribution in [-0.4, -0.2) is 38.2 Å². The van der Waals surface area contributed by atoms with Crippen molar-refractivity contribution in [2.45, 2.75) is 51.6 Å². The van der Waals surface area contributed by atoms with Crippen LogP contribution in [0.5, 0.6) is 5.88 Å². The number of hydrogen-bond acceptors (Lipinski definition) is 7. The van der Waals surface area contributed by atoms with E-state index in [9.17, 15) is 0 Å². The lowest BCUT2D eigenvalue weighted by molar-refractivity contribution is 0.153. The van der Waals surface area contributed by atoms with Gasteiger partial charge in [0.1, 0.15) is 6.33 Å². The predicted molar refractivity (Wildman–Crippen MR) is 82.0 cm³/mol. The fourth-order valence-corrected chi connectivity index (χ4v) is 3.01. The maximum absolute atomic E-state index is 5.65. The highest BCUT2D eigenvalue weighted by Crippen LogP contribution is 2.39. The van der Waals surface area contributed by atoms with Crippen molar-refractivity contribution in [3.63, 3.8) is 0 Å². The second-order valence-corrected chi connectivity index (χ2v) is 6.20. The van der Waals surface area contributed by atoms with Crippen molar-refractivity contribution in [2.75, 3.05) is 13.2 Å². The van der Waals surface area contributed by atoms with Crippen molar-refractivity contribution in [2.24, 2.45) is 0 Å². The van der Waals surface area contributed by atoms with Gasteiger partial charge < -0.3 is 9.26 Å². The Balaban J connectivity index is 1.54. The first-order valence-electron chi connectivity index (χ1n) is 8.29. The van der Waals surface area contributed by atoms with Gasteiger partial charge in [0.05, 0.1) is 18.3 Å². The number of hydrogen-bond donors (Lipinski definition) is 0. The Morgan fingerprint density at radius 3 is 3.04 bits per heavy atom. The summed E-state index contributed by atoms with van der Waals surface area (Å²) in [7, 11) is 0. The van der Waals surface area contributed by atoms with Gasteiger partial charge in [-0.15, -0.1) is 0 Å². The van der Waals surface area contributed by atoms with Crippen molar-refractivity contribution < 1.29 is 9.26 Å². The van der Waals surface area contributed by atoms with Crippen LogP contribution in [0.25, 0.3) is 0 Å². The molecule has 0 saturated heterocycles. The lowest BCUT2D eigenvalue weighted by Gasteiger charge is -2.31. The van der Waals surface area contributed by atoms with E-state index in [0.717, 1.165) is 36.6 Å². The molecule has 23 heavy (non-hydrogen) atoms. The van der Waals surface area contributed by atoms with E-state index in [1.165, 1.54) is 12.8 Å². The van der Waals surface area contributed by atoms with Crippen molar-refractivity contribution in [1.82, 2.24) is 25.0 Å². The van der Waals surface area contributed by atoms with Crippen molar-refractivity contribution in [1.29, 1.82) is 0 Å². The fourth-order valence-electron chi connectivity index (χ4n) is 3.01. The van der Waals surface area contributed by atoms with Crippen LogP contribution in [-0.2, 0) is 13.0 Å². The van der Waals surface area contributed by atoms with Crippen LogP contribution < -0.4 is 4.74 Å². The van der Waals surface area contributed by atoms with Crippen LogP contribution in [0.4, 0.5) is 0 Å². The van der Waals surface area contributed by atoms with E-state index < -0.39 is 0 Å². The second-order valence-electron chi connectivity index (χ2n) is 6.20. The average molecular weight is 315 g/mol. The minimum Gasteiger partial charge on any atom is -0.478 e. The van der Waals surface area contributed by atoms with E-state index in [1.807, 2.05) is 6.92 Å². The molecular formula is C16H21N5O2. The molecule has 2 aromatic heterocycles. The normalized spacial score (nSPS) is 19.4. The van der Waals surface area contributed by atoms with Gasteiger partial charge >= 0.3 is 0 Å². The van der Waals surface area contributed by atoms with Gasteiger partial charge in [0.2, 0.25) is 11.8 Å². The zero-order valence-electron chi connectivity index (χ0n) is 13.5. The molecule has 7 heteroatoms. The van der Waals surface area contributed by atoms with E-state index in [1.54, 1.807) is 6.33 Å². The van der Waals surface area contributed by atoms with Crippen LogP contribution in [0.1, 0.15) is 61.6 Å². The summed E-state index contributed by atoms with van der Waals surface area (Å²) in [5.74, 6) is 2.77. The molecule has 1 unspecified atom stereocenters. The molecule has 1 fully saturated rings. The van der Waals surface area contributed by atoms with Gasteiger partial charge in [0, 0.05) is 31.0 Å². The number of ether oxygens (including phenoxy) is 1. The summed E-state index contributed by atoms with van der Waals surface area (Å²) in [6.45, 7) is 6.34. The molecule has 122 valence electrons. The van der Waals surface area contributed by atoms with Gasteiger partial charge in [-0.25, -0.2) is 9.97 Å². The summed E-state index contributed by atoms with van der Waals surface area (Å²) < 4.78 is 11.1. The van der Waals surface area contributed by atoms with Gasteiger partial charge in [-0.3, -0.25) is 4.90 Å².